The number of halogens is 1. The van der Waals surface area contributed by atoms with E-state index in [1.54, 1.807) is 6.92 Å². The predicted molar refractivity (Wildman–Crippen MR) is 148 cm³/mol. The largest absolute Gasteiger partial charge is 0.484 e. The molecule has 0 fully saturated rings. The summed E-state index contributed by atoms with van der Waals surface area (Å²) < 4.78 is 6.63. The molecule has 2 N–H and O–H groups in total. The summed E-state index contributed by atoms with van der Waals surface area (Å²) in [6.45, 7) is 1.65. The maximum atomic E-state index is 12.4. The van der Waals surface area contributed by atoms with E-state index in [1.165, 1.54) is 11.8 Å². The third-order valence-electron chi connectivity index (χ3n) is 4.84. The Kier molecular flexibility index (Phi) is 8.53. The number of anilines is 1. The Labute approximate surface area is 216 Å². The minimum atomic E-state index is -0.359. The first-order valence-corrected chi connectivity index (χ1v) is 12.4. The number of carbonyl (C=O) groups is 1. The average Bonchev–Trinajstić information content (AvgIpc) is 2.89. The standard InChI is InChI=1S/C27H23BrN4O2S/c1-19(29-31-26(33)18-34-24-16-11-20-7-5-6-8-21(20)17-24)27(35-25-9-3-2-4-10-25)32-30-23-14-12-22(28)13-15-23/h2-17,30H,18H2,1H3,(H,31,33)/b29-19-,32-27+. The number of benzene rings is 4. The number of nitrogens with one attached hydrogen (secondary N) is 2. The summed E-state index contributed by atoms with van der Waals surface area (Å²) in [5, 5.41) is 11.6. The van der Waals surface area contributed by atoms with E-state index in [2.05, 4.69) is 37.0 Å². The van der Waals surface area contributed by atoms with Crippen molar-refractivity contribution in [1.29, 1.82) is 0 Å². The van der Waals surface area contributed by atoms with Gasteiger partial charge in [-0.05, 0) is 66.2 Å². The molecule has 4 rings (SSSR count). The van der Waals surface area contributed by atoms with Crippen LogP contribution in [0.1, 0.15) is 6.92 Å². The second kappa shape index (κ2) is 12.2. The van der Waals surface area contributed by atoms with Crippen LogP contribution in [-0.4, -0.2) is 23.3 Å². The van der Waals surface area contributed by atoms with Crippen LogP contribution in [-0.2, 0) is 4.79 Å². The van der Waals surface area contributed by atoms with Gasteiger partial charge < -0.3 is 4.74 Å². The molecule has 176 valence electrons. The van der Waals surface area contributed by atoms with Crippen molar-refractivity contribution in [2.75, 3.05) is 12.0 Å². The molecule has 6 nitrogen and oxygen atoms in total. The molecule has 0 aliphatic heterocycles. The number of hydrogen-bond acceptors (Lipinski definition) is 6. The van der Waals surface area contributed by atoms with Crippen LogP contribution in [0, 0.1) is 0 Å². The van der Waals surface area contributed by atoms with Gasteiger partial charge >= 0.3 is 0 Å². The lowest BCUT2D eigenvalue weighted by Gasteiger charge is -2.09. The molecule has 4 aromatic rings. The smallest absolute Gasteiger partial charge is 0.277 e. The van der Waals surface area contributed by atoms with Gasteiger partial charge in [0.25, 0.3) is 5.91 Å². The van der Waals surface area contributed by atoms with Crippen LogP contribution in [0.4, 0.5) is 5.69 Å². The number of thioether (sulfide) groups is 1. The number of fused-ring (bicyclic) bond motifs is 1. The molecule has 0 heterocycles. The summed E-state index contributed by atoms with van der Waals surface area (Å²) in [4.78, 5) is 13.4. The topological polar surface area (TPSA) is 75.1 Å². The molecule has 0 bridgehead atoms. The highest BCUT2D eigenvalue weighted by Gasteiger charge is 2.10. The SMILES string of the molecule is CC(=N/NC(=O)COc1ccc2ccccc2c1)/C(=N\Nc1ccc(Br)cc1)Sc1ccccc1. The second-order valence-electron chi connectivity index (χ2n) is 7.48. The summed E-state index contributed by atoms with van der Waals surface area (Å²) in [6, 6.07) is 31.2. The predicted octanol–water partition coefficient (Wildman–Crippen LogP) is 6.69. The Morgan fingerprint density at radius 1 is 0.886 bits per heavy atom. The summed E-state index contributed by atoms with van der Waals surface area (Å²) in [6.07, 6.45) is 0. The van der Waals surface area contributed by atoms with Gasteiger partial charge in [-0.3, -0.25) is 10.2 Å². The van der Waals surface area contributed by atoms with E-state index in [-0.39, 0.29) is 12.5 Å². The van der Waals surface area contributed by atoms with Crippen LogP contribution in [0.5, 0.6) is 5.75 Å². The van der Waals surface area contributed by atoms with E-state index in [1.807, 2.05) is 97.1 Å². The first-order valence-electron chi connectivity index (χ1n) is 10.8. The van der Waals surface area contributed by atoms with Gasteiger partial charge in [-0.1, -0.05) is 76.2 Å². The Hall–Kier alpha value is -3.62. The third kappa shape index (κ3) is 7.43. The van der Waals surface area contributed by atoms with Gasteiger partial charge in [-0.25, -0.2) is 5.43 Å². The molecule has 0 saturated carbocycles. The highest BCUT2D eigenvalue weighted by Crippen LogP contribution is 2.22. The second-order valence-corrected chi connectivity index (χ2v) is 9.46. The van der Waals surface area contributed by atoms with E-state index in [4.69, 9.17) is 4.74 Å². The summed E-state index contributed by atoms with van der Waals surface area (Å²) in [5.41, 5.74) is 7.00. The fraction of sp³-hybridized carbons (Fsp3) is 0.0741. The van der Waals surface area contributed by atoms with Crippen LogP contribution in [0.15, 0.2) is 117 Å². The van der Waals surface area contributed by atoms with Gasteiger partial charge in [0, 0.05) is 9.37 Å². The monoisotopic (exact) mass is 546 g/mol. The summed E-state index contributed by atoms with van der Waals surface area (Å²) >= 11 is 4.87. The number of ether oxygens (including phenoxy) is 1. The number of hydrogen-bond donors (Lipinski definition) is 2. The zero-order valence-electron chi connectivity index (χ0n) is 18.9. The third-order valence-corrected chi connectivity index (χ3v) is 6.45. The van der Waals surface area contributed by atoms with Gasteiger partial charge in [0.1, 0.15) is 10.8 Å². The lowest BCUT2D eigenvalue weighted by molar-refractivity contribution is -0.123. The number of amides is 1. The molecule has 0 aliphatic carbocycles. The normalized spacial score (nSPS) is 11.8. The fourth-order valence-electron chi connectivity index (χ4n) is 3.05. The molecule has 35 heavy (non-hydrogen) atoms. The lowest BCUT2D eigenvalue weighted by Crippen LogP contribution is -2.26. The molecule has 4 aromatic carbocycles. The van der Waals surface area contributed by atoms with Crippen molar-refractivity contribution in [3.63, 3.8) is 0 Å². The number of rotatable bonds is 8. The molecule has 0 radical (unpaired) electrons. The maximum Gasteiger partial charge on any atom is 0.277 e. The molecule has 0 aromatic heterocycles. The minimum absolute atomic E-state index is 0.148. The van der Waals surface area contributed by atoms with Gasteiger partial charge in [0.2, 0.25) is 0 Å². The highest BCUT2D eigenvalue weighted by atomic mass is 79.9. The Morgan fingerprint density at radius 3 is 2.37 bits per heavy atom. The highest BCUT2D eigenvalue weighted by molar-refractivity contribution is 9.10. The van der Waals surface area contributed by atoms with Crippen LogP contribution in [0.3, 0.4) is 0 Å². The molecular weight excluding hydrogens is 524 g/mol. The lowest BCUT2D eigenvalue weighted by atomic mass is 10.1. The van der Waals surface area contributed by atoms with E-state index < -0.39 is 0 Å². The van der Waals surface area contributed by atoms with E-state index in [0.717, 1.165) is 25.8 Å². The zero-order chi connectivity index (χ0) is 24.5. The van der Waals surface area contributed by atoms with Crippen molar-refractivity contribution in [1.82, 2.24) is 5.43 Å². The van der Waals surface area contributed by atoms with Gasteiger partial charge in [-0.15, -0.1) is 0 Å². The van der Waals surface area contributed by atoms with Crippen molar-refractivity contribution >= 4 is 60.8 Å². The Balaban J connectivity index is 1.40. The quantitative estimate of drug-likeness (QED) is 0.112. The summed E-state index contributed by atoms with van der Waals surface area (Å²) in [7, 11) is 0. The minimum Gasteiger partial charge on any atom is -0.484 e. The van der Waals surface area contributed by atoms with Gasteiger partial charge in [0.15, 0.2) is 6.61 Å². The molecule has 0 unspecified atom stereocenters. The molecule has 0 atom stereocenters. The molecule has 8 heteroatoms. The summed E-state index contributed by atoms with van der Waals surface area (Å²) in [5.74, 6) is 0.266. The van der Waals surface area contributed by atoms with Crippen LogP contribution >= 0.6 is 27.7 Å². The maximum absolute atomic E-state index is 12.4. The van der Waals surface area contributed by atoms with E-state index >= 15 is 0 Å². The van der Waals surface area contributed by atoms with Crippen molar-refractivity contribution < 1.29 is 9.53 Å². The average molecular weight is 547 g/mol. The number of carbonyl (C=O) groups excluding carboxylic acids is 1. The zero-order valence-corrected chi connectivity index (χ0v) is 21.3. The molecular formula is C27H23BrN4O2S. The van der Waals surface area contributed by atoms with Crippen LogP contribution < -0.4 is 15.6 Å². The Morgan fingerprint density at radius 2 is 1.60 bits per heavy atom. The molecule has 0 spiro atoms. The number of nitrogens with zero attached hydrogens (tertiary/aromatic N) is 2. The van der Waals surface area contributed by atoms with Gasteiger partial charge in [-0.2, -0.15) is 10.2 Å². The van der Waals surface area contributed by atoms with E-state index in [0.29, 0.717) is 16.5 Å². The van der Waals surface area contributed by atoms with Crippen molar-refractivity contribution in [2.24, 2.45) is 10.2 Å². The molecule has 0 saturated heterocycles. The van der Waals surface area contributed by atoms with Crippen LogP contribution in [0.25, 0.3) is 10.8 Å². The fourth-order valence-corrected chi connectivity index (χ4v) is 4.12. The Bertz CT molecular complexity index is 1360. The van der Waals surface area contributed by atoms with Gasteiger partial charge in [0.05, 0.1) is 11.4 Å². The first-order chi connectivity index (χ1) is 17.1. The van der Waals surface area contributed by atoms with E-state index in [9.17, 15) is 4.79 Å². The van der Waals surface area contributed by atoms with Crippen molar-refractivity contribution in [3.05, 3.63) is 102 Å². The van der Waals surface area contributed by atoms with Crippen molar-refractivity contribution in [2.45, 2.75) is 11.8 Å². The first kappa shape index (κ1) is 24.5. The van der Waals surface area contributed by atoms with Crippen molar-refractivity contribution in [3.8, 4) is 5.75 Å². The van der Waals surface area contributed by atoms with Crippen LogP contribution in [0.2, 0.25) is 0 Å². The molecule has 0 aliphatic rings. The molecule has 1 amide bonds. The number of hydrazone groups is 2.